The topological polar surface area (TPSA) is 59.1 Å². The van der Waals surface area contributed by atoms with E-state index in [1.165, 1.54) is 0 Å². The third-order valence-electron chi connectivity index (χ3n) is 3.89. The molecule has 2 heterocycles. The zero-order valence-corrected chi connectivity index (χ0v) is 13.6. The van der Waals surface area contributed by atoms with E-state index in [1.54, 1.807) is 10.9 Å². The van der Waals surface area contributed by atoms with E-state index in [-0.39, 0.29) is 6.61 Å². The van der Waals surface area contributed by atoms with E-state index in [0.29, 0.717) is 6.54 Å². The average Bonchev–Trinajstić information content (AvgIpc) is 3.13. The van der Waals surface area contributed by atoms with E-state index in [0.717, 1.165) is 28.5 Å². The third kappa shape index (κ3) is 2.98. The van der Waals surface area contributed by atoms with E-state index < -0.39 is 0 Å². The van der Waals surface area contributed by atoms with E-state index in [4.69, 9.17) is 5.11 Å². The summed E-state index contributed by atoms with van der Waals surface area (Å²) >= 11 is 0. The first-order chi connectivity index (χ1) is 11.1. The zero-order valence-electron chi connectivity index (χ0n) is 13.6. The second-order valence-electron chi connectivity index (χ2n) is 5.59. The van der Waals surface area contributed by atoms with Crippen LogP contribution >= 0.6 is 0 Å². The first-order valence-corrected chi connectivity index (χ1v) is 7.56. The maximum absolute atomic E-state index is 9.03. The van der Waals surface area contributed by atoms with Gasteiger partial charge in [0.05, 0.1) is 18.0 Å². The predicted octanol–water partition coefficient (Wildman–Crippen LogP) is 2.01. The summed E-state index contributed by atoms with van der Waals surface area (Å²) in [6.45, 7) is 2.75. The van der Waals surface area contributed by atoms with Gasteiger partial charge in [0.25, 0.3) is 0 Å². The maximum Gasteiger partial charge on any atom is 0.144 e. The fourth-order valence-corrected chi connectivity index (χ4v) is 2.68. The quantitative estimate of drug-likeness (QED) is 0.783. The van der Waals surface area contributed by atoms with Gasteiger partial charge < -0.3 is 10.0 Å². The van der Waals surface area contributed by atoms with Crippen LogP contribution in [0.4, 0.5) is 5.69 Å². The Kier molecular flexibility index (Phi) is 4.16. The Morgan fingerprint density at radius 1 is 1.22 bits per heavy atom. The van der Waals surface area contributed by atoms with Crippen LogP contribution in [0.2, 0.25) is 0 Å². The van der Waals surface area contributed by atoms with Crippen molar-refractivity contribution in [1.29, 1.82) is 0 Å². The minimum absolute atomic E-state index is 0.142. The summed E-state index contributed by atoms with van der Waals surface area (Å²) in [6.07, 6.45) is 5.74. The number of nitrogens with zero attached hydrogens (tertiary/aromatic N) is 5. The fourth-order valence-electron chi connectivity index (χ4n) is 2.68. The van der Waals surface area contributed by atoms with Gasteiger partial charge in [0.2, 0.25) is 0 Å². The molecule has 1 N–H and O–H groups in total. The molecule has 0 amide bonds. The van der Waals surface area contributed by atoms with Crippen molar-refractivity contribution in [3.63, 3.8) is 0 Å². The molecule has 0 fully saturated rings. The molecule has 0 saturated heterocycles. The van der Waals surface area contributed by atoms with E-state index in [2.05, 4.69) is 14.6 Å². The highest BCUT2D eigenvalue weighted by Crippen LogP contribution is 2.25. The number of benzene rings is 1. The first kappa shape index (κ1) is 15.3. The van der Waals surface area contributed by atoms with Crippen molar-refractivity contribution in [3.05, 3.63) is 48.5 Å². The van der Waals surface area contributed by atoms with Gasteiger partial charge in [0.1, 0.15) is 5.82 Å². The van der Waals surface area contributed by atoms with Crippen LogP contribution in [0.1, 0.15) is 5.69 Å². The zero-order chi connectivity index (χ0) is 16.4. The summed E-state index contributed by atoms with van der Waals surface area (Å²) in [5.74, 6) is 0.887. The van der Waals surface area contributed by atoms with Gasteiger partial charge >= 0.3 is 0 Å². The molecule has 2 aromatic heterocycles. The van der Waals surface area contributed by atoms with Crippen LogP contribution in [0.5, 0.6) is 0 Å². The number of aromatic nitrogens is 4. The Morgan fingerprint density at radius 2 is 1.96 bits per heavy atom. The maximum atomic E-state index is 9.03. The fraction of sp³-hybridized carbons (Fsp3) is 0.294. The van der Waals surface area contributed by atoms with Crippen LogP contribution in [0.3, 0.4) is 0 Å². The molecular formula is C17H21N5O. The van der Waals surface area contributed by atoms with Gasteiger partial charge in [-0.25, -0.2) is 4.98 Å². The lowest BCUT2D eigenvalue weighted by Crippen LogP contribution is -2.20. The van der Waals surface area contributed by atoms with Crippen molar-refractivity contribution in [1.82, 2.24) is 19.3 Å². The summed E-state index contributed by atoms with van der Waals surface area (Å²) in [4.78, 5) is 6.51. The van der Waals surface area contributed by atoms with E-state index in [1.807, 2.05) is 62.6 Å². The normalized spacial score (nSPS) is 11.0. The van der Waals surface area contributed by atoms with Gasteiger partial charge in [0.15, 0.2) is 0 Å². The molecule has 3 aromatic rings. The molecule has 0 saturated carbocycles. The van der Waals surface area contributed by atoms with Crippen molar-refractivity contribution in [2.75, 3.05) is 25.1 Å². The summed E-state index contributed by atoms with van der Waals surface area (Å²) in [5, 5.41) is 13.4. The lowest BCUT2D eigenvalue weighted by atomic mass is 10.2. The highest BCUT2D eigenvalue weighted by Gasteiger charge is 2.12. The van der Waals surface area contributed by atoms with Crippen LogP contribution in [0, 0.1) is 6.92 Å². The number of aryl methyl sites for hydroxylation is 2. The molecule has 6 nitrogen and oxygen atoms in total. The molecule has 120 valence electrons. The van der Waals surface area contributed by atoms with Crippen LogP contribution in [-0.2, 0) is 7.05 Å². The number of likely N-dealkylation sites (N-methyl/N-ethyl adjacent to an activating group) is 1. The molecule has 0 atom stereocenters. The SMILES string of the molecule is Cc1nn(C)cc1-n1ccnc1-c1ccc(N(C)CCO)cc1. The number of rotatable bonds is 5. The lowest BCUT2D eigenvalue weighted by molar-refractivity contribution is 0.304. The largest absolute Gasteiger partial charge is 0.395 e. The van der Waals surface area contributed by atoms with E-state index in [9.17, 15) is 0 Å². The Morgan fingerprint density at radius 3 is 2.57 bits per heavy atom. The van der Waals surface area contributed by atoms with Crippen molar-refractivity contribution in [3.8, 4) is 17.1 Å². The molecule has 0 spiro atoms. The number of hydrogen-bond acceptors (Lipinski definition) is 4. The van der Waals surface area contributed by atoms with Gasteiger partial charge in [-0.1, -0.05) is 0 Å². The predicted molar refractivity (Wildman–Crippen MR) is 90.9 cm³/mol. The molecule has 0 aliphatic rings. The number of imidazole rings is 1. The molecular weight excluding hydrogens is 290 g/mol. The minimum atomic E-state index is 0.142. The summed E-state index contributed by atoms with van der Waals surface area (Å²) in [5.41, 5.74) is 4.10. The first-order valence-electron chi connectivity index (χ1n) is 7.56. The van der Waals surface area contributed by atoms with Crippen molar-refractivity contribution in [2.45, 2.75) is 6.92 Å². The monoisotopic (exact) mass is 311 g/mol. The average molecular weight is 311 g/mol. The van der Waals surface area contributed by atoms with Crippen molar-refractivity contribution in [2.24, 2.45) is 7.05 Å². The highest BCUT2D eigenvalue weighted by atomic mass is 16.3. The van der Waals surface area contributed by atoms with Gasteiger partial charge in [-0.3, -0.25) is 9.25 Å². The molecule has 0 radical (unpaired) electrons. The third-order valence-corrected chi connectivity index (χ3v) is 3.89. The van der Waals surface area contributed by atoms with Gasteiger partial charge in [-0.15, -0.1) is 0 Å². The summed E-state index contributed by atoms with van der Waals surface area (Å²) < 4.78 is 3.86. The molecule has 0 aliphatic heterocycles. The van der Waals surface area contributed by atoms with Crippen LogP contribution in [-0.4, -0.2) is 44.6 Å². The molecule has 6 heteroatoms. The Labute approximate surface area is 135 Å². The smallest absolute Gasteiger partial charge is 0.144 e. The highest BCUT2D eigenvalue weighted by molar-refractivity contribution is 5.63. The second-order valence-corrected chi connectivity index (χ2v) is 5.59. The van der Waals surface area contributed by atoms with Crippen molar-refractivity contribution >= 4 is 5.69 Å². The van der Waals surface area contributed by atoms with E-state index >= 15 is 0 Å². The number of anilines is 1. The number of aliphatic hydroxyl groups excluding tert-OH is 1. The summed E-state index contributed by atoms with van der Waals surface area (Å²) in [7, 11) is 3.88. The Hall–Kier alpha value is -2.60. The second kappa shape index (κ2) is 6.26. The summed E-state index contributed by atoms with van der Waals surface area (Å²) in [6, 6.07) is 8.18. The van der Waals surface area contributed by atoms with Gasteiger partial charge in [0, 0.05) is 50.5 Å². The van der Waals surface area contributed by atoms with Crippen LogP contribution in [0.15, 0.2) is 42.9 Å². The molecule has 0 unspecified atom stereocenters. The van der Waals surface area contributed by atoms with Crippen LogP contribution < -0.4 is 4.90 Å². The number of hydrogen-bond donors (Lipinski definition) is 1. The molecule has 23 heavy (non-hydrogen) atoms. The Balaban J connectivity index is 1.94. The van der Waals surface area contributed by atoms with Gasteiger partial charge in [-0.2, -0.15) is 5.10 Å². The number of aliphatic hydroxyl groups is 1. The Bertz CT molecular complexity index is 788. The molecule has 0 bridgehead atoms. The minimum Gasteiger partial charge on any atom is -0.395 e. The molecule has 0 aliphatic carbocycles. The van der Waals surface area contributed by atoms with Gasteiger partial charge in [-0.05, 0) is 31.2 Å². The van der Waals surface area contributed by atoms with Crippen LogP contribution in [0.25, 0.3) is 17.1 Å². The standard InChI is InChI=1S/C17H21N5O/c1-13-16(12-21(3)19-13)22-9-8-18-17(22)14-4-6-15(7-5-14)20(2)10-11-23/h4-9,12,23H,10-11H2,1-3H3. The van der Waals surface area contributed by atoms with Crippen molar-refractivity contribution < 1.29 is 5.11 Å². The molecule has 1 aromatic carbocycles. The molecule has 3 rings (SSSR count). The lowest BCUT2D eigenvalue weighted by Gasteiger charge is -2.18.